The summed E-state index contributed by atoms with van der Waals surface area (Å²) in [5, 5.41) is 0.762. The minimum absolute atomic E-state index is 0.656. The van der Waals surface area contributed by atoms with Crippen LogP contribution in [-0.4, -0.2) is 6.61 Å². The minimum atomic E-state index is 0.656. The van der Waals surface area contributed by atoms with Crippen molar-refractivity contribution in [3.8, 4) is 5.75 Å². The van der Waals surface area contributed by atoms with Crippen LogP contribution >= 0.6 is 11.6 Å². The lowest BCUT2D eigenvalue weighted by Crippen LogP contribution is -2.11. The Morgan fingerprint density at radius 1 is 1.06 bits per heavy atom. The van der Waals surface area contributed by atoms with Crippen molar-refractivity contribution in [2.75, 3.05) is 6.61 Å². The van der Waals surface area contributed by atoms with Crippen molar-refractivity contribution in [1.82, 2.24) is 0 Å². The molecule has 2 aromatic carbocycles. The van der Waals surface area contributed by atoms with Crippen LogP contribution < -0.4 is 4.74 Å². The molecule has 0 atom stereocenters. The van der Waals surface area contributed by atoms with E-state index in [4.69, 9.17) is 16.3 Å². The van der Waals surface area contributed by atoms with Gasteiger partial charge in [0.05, 0.1) is 0 Å². The number of hydrogen-bond acceptors (Lipinski definition) is 1. The third kappa shape index (κ3) is 2.41. The molecule has 1 nitrogen and oxygen atoms in total. The maximum absolute atomic E-state index is 6.01. The Bertz CT molecular complexity index is 587. The first kappa shape index (κ1) is 11.4. The fourth-order valence-corrected chi connectivity index (χ4v) is 2.37. The fraction of sp³-hybridized carbons (Fsp3) is 0.125. The van der Waals surface area contributed by atoms with Gasteiger partial charge in [0, 0.05) is 11.4 Å². The van der Waals surface area contributed by atoms with Crippen molar-refractivity contribution >= 4 is 17.7 Å². The van der Waals surface area contributed by atoms with Crippen LogP contribution in [-0.2, 0) is 6.42 Å². The van der Waals surface area contributed by atoms with Gasteiger partial charge < -0.3 is 4.74 Å². The lowest BCUT2D eigenvalue weighted by atomic mass is 10.00. The van der Waals surface area contributed by atoms with Gasteiger partial charge in [0.15, 0.2) is 0 Å². The highest BCUT2D eigenvalue weighted by Crippen LogP contribution is 2.30. The summed E-state index contributed by atoms with van der Waals surface area (Å²) in [6.45, 7) is 0.656. The van der Waals surface area contributed by atoms with Gasteiger partial charge in [-0.05, 0) is 34.9 Å². The van der Waals surface area contributed by atoms with E-state index in [9.17, 15) is 0 Å². The zero-order valence-electron chi connectivity index (χ0n) is 9.90. The highest BCUT2D eigenvalue weighted by Gasteiger charge is 2.14. The van der Waals surface area contributed by atoms with Crippen LogP contribution in [0, 0.1) is 0 Å². The van der Waals surface area contributed by atoms with Gasteiger partial charge in [-0.15, -0.1) is 0 Å². The van der Waals surface area contributed by atoms with Gasteiger partial charge in [0.25, 0.3) is 0 Å². The second-order valence-corrected chi connectivity index (χ2v) is 4.87. The lowest BCUT2D eigenvalue weighted by Gasteiger charge is -2.20. The number of benzene rings is 2. The van der Waals surface area contributed by atoms with Crippen LogP contribution in [0.3, 0.4) is 0 Å². The summed E-state index contributed by atoms with van der Waals surface area (Å²) in [6, 6.07) is 16.1. The Hall–Kier alpha value is -1.73. The zero-order valence-corrected chi connectivity index (χ0v) is 10.7. The molecule has 0 aromatic heterocycles. The molecule has 1 aliphatic heterocycles. The molecule has 0 saturated carbocycles. The van der Waals surface area contributed by atoms with E-state index in [1.54, 1.807) is 0 Å². The van der Waals surface area contributed by atoms with Crippen molar-refractivity contribution in [2.24, 2.45) is 0 Å². The van der Waals surface area contributed by atoms with E-state index in [2.05, 4.69) is 18.2 Å². The molecule has 0 amide bonds. The fourth-order valence-electron chi connectivity index (χ4n) is 2.17. The molecule has 0 spiro atoms. The van der Waals surface area contributed by atoms with Crippen LogP contribution in [0.4, 0.5) is 0 Å². The summed E-state index contributed by atoms with van der Waals surface area (Å²) in [4.78, 5) is 0. The molecule has 90 valence electrons. The quantitative estimate of drug-likeness (QED) is 0.737. The Kier molecular flexibility index (Phi) is 3.07. The SMILES string of the molecule is Clc1ccc2c(c1)C/C(=C/c1ccccc1)CO2. The zero-order chi connectivity index (χ0) is 12.4. The van der Waals surface area contributed by atoms with E-state index in [0.29, 0.717) is 6.61 Å². The molecular formula is C16H13ClO. The van der Waals surface area contributed by atoms with Crippen LogP contribution in [0.25, 0.3) is 6.08 Å². The normalized spacial score (nSPS) is 16.2. The summed E-state index contributed by atoms with van der Waals surface area (Å²) in [5.41, 5.74) is 3.65. The highest BCUT2D eigenvalue weighted by molar-refractivity contribution is 6.30. The summed E-state index contributed by atoms with van der Waals surface area (Å²) >= 11 is 6.01. The van der Waals surface area contributed by atoms with Gasteiger partial charge >= 0.3 is 0 Å². The van der Waals surface area contributed by atoms with Crippen LogP contribution in [0.1, 0.15) is 11.1 Å². The van der Waals surface area contributed by atoms with Crippen molar-refractivity contribution < 1.29 is 4.74 Å². The summed E-state index contributed by atoms with van der Waals surface area (Å²) < 4.78 is 5.74. The molecule has 0 aliphatic carbocycles. The van der Waals surface area contributed by atoms with E-state index >= 15 is 0 Å². The van der Waals surface area contributed by atoms with Crippen molar-refractivity contribution in [3.63, 3.8) is 0 Å². The predicted molar refractivity (Wildman–Crippen MR) is 75.1 cm³/mol. The molecule has 2 heteroatoms. The van der Waals surface area contributed by atoms with Crippen LogP contribution in [0.15, 0.2) is 54.1 Å². The molecule has 3 rings (SSSR count). The molecule has 1 aliphatic rings. The van der Waals surface area contributed by atoms with E-state index in [1.807, 2.05) is 36.4 Å². The highest BCUT2D eigenvalue weighted by atomic mass is 35.5. The van der Waals surface area contributed by atoms with E-state index in [1.165, 1.54) is 11.1 Å². The monoisotopic (exact) mass is 256 g/mol. The van der Waals surface area contributed by atoms with Crippen molar-refractivity contribution in [3.05, 3.63) is 70.3 Å². The largest absolute Gasteiger partial charge is 0.489 e. The Labute approximate surface area is 112 Å². The Morgan fingerprint density at radius 3 is 2.72 bits per heavy atom. The smallest absolute Gasteiger partial charge is 0.123 e. The van der Waals surface area contributed by atoms with E-state index in [0.717, 1.165) is 22.8 Å². The first-order chi connectivity index (χ1) is 8.81. The number of ether oxygens (including phenoxy) is 1. The maximum atomic E-state index is 6.01. The molecule has 0 saturated heterocycles. The van der Waals surface area contributed by atoms with Crippen LogP contribution in [0.5, 0.6) is 5.75 Å². The molecule has 2 aromatic rings. The van der Waals surface area contributed by atoms with Gasteiger partial charge in [-0.1, -0.05) is 48.0 Å². The van der Waals surface area contributed by atoms with Gasteiger partial charge in [0.1, 0.15) is 12.4 Å². The third-order valence-electron chi connectivity index (χ3n) is 3.02. The molecular weight excluding hydrogens is 244 g/mol. The molecule has 0 bridgehead atoms. The van der Waals surface area contributed by atoms with E-state index < -0.39 is 0 Å². The first-order valence-corrected chi connectivity index (χ1v) is 6.35. The molecule has 0 unspecified atom stereocenters. The number of fused-ring (bicyclic) bond motifs is 1. The summed E-state index contributed by atoms with van der Waals surface area (Å²) in [6.07, 6.45) is 3.09. The molecule has 18 heavy (non-hydrogen) atoms. The van der Waals surface area contributed by atoms with Gasteiger partial charge in [-0.25, -0.2) is 0 Å². The molecule has 0 fully saturated rings. The van der Waals surface area contributed by atoms with Crippen molar-refractivity contribution in [2.45, 2.75) is 6.42 Å². The average molecular weight is 257 g/mol. The van der Waals surface area contributed by atoms with Gasteiger partial charge in [0.2, 0.25) is 0 Å². The van der Waals surface area contributed by atoms with Crippen molar-refractivity contribution in [1.29, 1.82) is 0 Å². The Balaban J connectivity index is 1.89. The van der Waals surface area contributed by atoms with Gasteiger partial charge in [-0.3, -0.25) is 0 Å². The Morgan fingerprint density at radius 2 is 1.89 bits per heavy atom. The average Bonchev–Trinajstić information content (AvgIpc) is 2.39. The van der Waals surface area contributed by atoms with E-state index in [-0.39, 0.29) is 0 Å². The second kappa shape index (κ2) is 4.87. The summed E-state index contributed by atoms with van der Waals surface area (Å²) in [7, 11) is 0. The first-order valence-electron chi connectivity index (χ1n) is 5.97. The minimum Gasteiger partial charge on any atom is -0.489 e. The summed E-state index contributed by atoms with van der Waals surface area (Å²) in [5.74, 6) is 0.949. The third-order valence-corrected chi connectivity index (χ3v) is 3.26. The van der Waals surface area contributed by atoms with Gasteiger partial charge in [-0.2, -0.15) is 0 Å². The molecule has 0 N–H and O–H groups in total. The predicted octanol–water partition coefficient (Wildman–Crippen LogP) is 4.36. The maximum Gasteiger partial charge on any atom is 0.123 e. The number of halogens is 1. The number of hydrogen-bond donors (Lipinski definition) is 0. The lowest BCUT2D eigenvalue weighted by molar-refractivity contribution is 0.333. The van der Waals surface area contributed by atoms with Crippen LogP contribution in [0.2, 0.25) is 5.02 Å². The standard InChI is InChI=1S/C16H13ClO/c17-15-6-7-16-14(10-15)9-13(11-18-16)8-12-4-2-1-3-5-12/h1-8,10H,9,11H2/b13-8-. The molecule has 0 radical (unpaired) electrons. The topological polar surface area (TPSA) is 9.23 Å². The second-order valence-electron chi connectivity index (χ2n) is 4.43. The number of rotatable bonds is 1. The molecule has 1 heterocycles.